The summed E-state index contributed by atoms with van der Waals surface area (Å²) in [5.74, 6) is -1.11. The molecule has 0 saturated carbocycles. The van der Waals surface area contributed by atoms with Gasteiger partial charge in [0.05, 0.1) is 17.9 Å². The van der Waals surface area contributed by atoms with Gasteiger partial charge in [0.25, 0.3) is 0 Å². The van der Waals surface area contributed by atoms with E-state index >= 15 is 0 Å². The fourth-order valence-electron chi connectivity index (χ4n) is 1.75. The van der Waals surface area contributed by atoms with E-state index in [1.165, 1.54) is 17.0 Å². The number of hydrogen-bond acceptors (Lipinski definition) is 3. The second-order valence-electron chi connectivity index (χ2n) is 4.19. The number of carbonyl (C=O) groups is 2. The number of amides is 2. The maximum absolute atomic E-state index is 12.1. The fraction of sp³-hybridized carbons (Fsp3) is 0.286. The molecule has 0 aliphatic rings. The van der Waals surface area contributed by atoms with Crippen LogP contribution in [-0.4, -0.2) is 46.8 Å². The van der Waals surface area contributed by atoms with E-state index in [2.05, 4.69) is 11.9 Å². The first-order valence-corrected chi connectivity index (χ1v) is 6.11. The van der Waals surface area contributed by atoms with E-state index in [4.69, 9.17) is 10.2 Å². The molecule has 0 aromatic heterocycles. The molecule has 6 nitrogen and oxygen atoms in total. The number of urea groups is 1. The molecule has 0 fully saturated rings. The highest BCUT2D eigenvalue weighted by Gasteiger charge is 2.17. The van der Waals surface area contributed by atoms with Crippen molar-refractivity contribution in [2.24, 2.45) is 0 Å². The molecule has 2 amide bonds. The lowest BCUT2D eigenvalue weighted by Crippen LogP contribution is -2.37. The molecule has 0 bridgehead atoms. The van der Waals surface area contributed by atoms with Gasteiger partial charge in [-0.1, -0.05) is 18.2 Å². The zero-order valence-electron chi connectivity index (χ0n) is 11.3. The maximum atomic E-state index is 12.1. The lowest BCUT2D eigenvalue weighted by atomic mass is 10.1. The van der Waals surface area contributed by atoms with Crippen molar-refractivity contribution in [1.82, 2.24) is 4.90 Å². The topological polar surface area (TPSA) is 89.9 Å². The summed E-state index contributed by atoms with van der Waals surface area (Å²) in [6.45, 7) is 5.48. The van der Waals surface area contributed by atoms with Crippen molar-refractivity contribution >= 4 is 17.7 Å². The number of hydrogen-bond donors (Lipinski definition) is 3. The molecular formula is C14H18N2O4. The standard InChI is InChI=1S/C14H18N2O4/c1-3-7-16(8-9-17)14(20)15-12-10(2)5-4-6-11(12)13(18)19/h3-6,17H,1,7-9H2,2H3,(H,15,20)(H,18,19). The molecule has 0 heterocycles. The Morgan fingerprint density at radius 2 is 2.15 bits per heavy atom. The molecule has 0 atom stereocenters. The van der Waals surface area contributed by atoms with E-state index in [1.807, 2.05) is 0 Å². The smallest absolute Gasteiger partial charge is 0.337 e. The molecular weight excluding hydrogens is 260 g/mol. The Kier molecular flexibility index (Phi) is 5.74. The second kappa shape index (κ2) is 7.30. The Balaban J connectivity index is 2.99. The molecule has 3 N–H and O–H groups in total. The first-order chi connectivity index (χ1) is 9.51. The van der Waals surface area contributed by atoms with E-state index in [0.29, 0.717) is 5.56 Å². The van der Waals surface area contributed by atoms with Crippen LogP contribution in [0.3, 0.4) is 0 Å². The van der Waals surface area contributed by atoms with E-state index in [0.717, 1.165) is 0 Å². The van der Waals surface area contributed by atoms with E-state index < -0.39 is 12.0 Å². The number of rotatable bonds is 6. The van der Waals surface area contributed by atoms with Crippen molar-refractivity contribution in [1.29, 1.82) is 0 Å². The van der Waals surface area contributed by atoms with Gasteiger partial charge in [0.15, 0.2) is 0 Å². The van der Waals surface area contributed by atoms with Crippen LogP contribution in [0.15, 0.2) is 30.9 Å². The van der Waals surface area contributed by atoms with Crippen LogP contribution < -0.4 is 5.32 Å². The lowest BCUT2D eigenvalue weighted by Gasteiger charge is -2.21. The van der Waals surface area contributed by atoms with Crippen LogP contribution in [0.5, 0.6) is 0 Å². The minimum absolute atomic E-state index is 0.0286. The number of carboxylic acid groups (broad SMARTS) is 1. The molecule has 0 spiro atoms. The van der Waals surface area contributed by atoms with Gasteiger partial charge in [-0.15, -0.1) is 6.58 Å². The summed E-state index contributed by atoms with van der Waals surface area (Å²) < 4.78 is 0. The number of nitrogens with one attached hydrogen (secondary N) is 1. The molecule has 1 rings (SSSR count). The largest absolute Gasteiger partial charge is 0.478 e. The molecule has 1 aromatic carbocycles. The number of benzene rings is 1. The Morgan fingerprint density at radius 3 is 2.70 bits per heavy atom. The minimum atomic E-state index is -1.11. The average molecular weight is 278 g/mol. The van der Waals surface area contributed by atoms with Crippen LogP contribution in [0.1, 0.15) is 15.9 Å². The van der Waals surface area contributed by atoms with Gasteiger partial charge < -0.3 is 20.4 Å². The number of carboxylic acids is 1. The predicted octanol–water partition coefficient (Wildman–Crippen LogP) is 1.71. The number of anilines is 1. The molecule has 6 heteroatoms. The Hall–Kier alpha value is -2.34. The fourth-order valence-corrected chi connectivity index (χ4v) is 1.75. The molecule has 1 aromatic rings. The summed E-state index contributed by atoms with van der Waals surface area (Å²) in [5, 5.41) is 20.6. The van der Waals surface area contributed by atoms with Crippen LogP contribution >= 0.6 is 0 Å². The molecule has 0 radical (unpaired) electrons. The van der Waals surface area contributed by atoms with Gasteiger partial charge in [-0.05, 0) is 18.6 Å². The van der Waals surface area contributed by atoms with Crippen LogP contribution in [0.25, 0.3) is 0 Å². The van der Waals surface area contributed by atoms with Gasteiger partial charge in [0.1, 0.15) is 0 Å². The number of nitrogens with zero attached hydrogens (tertiary/aromatic N) is 1. The predicted molar refractivity (Wildman–Crippen MR) is 76.0 cm³/mol. The highest BCUT2D eigenvalue weighted by Crippen LogP contribution is 2.21. The van der Waals surface area contributed by atoms with Crippen LogP contribution in [0.2, 0.25) is 0 Å². The third-order valence-corrected chi connectivity index (χ3v) is 2.74. The van der Waals surface area contributed by atoms with E-state index in [9.17, 15) is 9.59 Å². The monoisotopic (exact) mass is 278 g/mol. The number of aliphatic hydroxyl groups is 1. The van der Waals surface area contributed by atoms with Crippen molar-refractivity contribution in [3.63, 3.8) is 0 Å². The van der Waals surface area contributed by atoms with Gasteiger partial charge >= 0.3 is 12.0 Å². The van der Waals surface area contributed by atoms with E-state index in [1.54, 1.807) is 19.1 Å². The Bertz CT molecular complexity index is 514. The highest BCUT2D eigenvalue weighted by atomic mass is 16.4. The maximum Gasteiger partial charge on any atom is 0.337 e. The van der Waals surface area contributed by atoms with Gasteiger partial charge in [0, 0.05) is 13.1 Å². The number of aromatic carboxylic acids is 1. The quantitative estimate of drug-likeness (QED) is 0.691. The Morgan fingerprint density at radius 1 is 1.45 bits per heavy atom. The summed E-state index contributed by atoms with van der Waals surface area (Å²) in [6, 6.07) is 4.28. The first-order valence-electron chi connectivity index (χ1n) is 6.11. The zero-order valence-corrected chi connectivity index (χ0v) is 11.3. The third kappa shape index (κ3) is 3.83. The van der Waals surface area contributed by atoms with Crippen molar-refractivity contribution in [3.05, 3.63) is 42.0 Å². The van der Waals surface area contributed by atoms with Gasteiger partial charge in [-0.2, -0.15) is 0 Å². The van der Waals surface area contributed by atoms with Crippen LogP contribution in [0, 0.1) is 6.92 Å². The van der Waals surface area contributed by atoms with Gasteiger partial charge in [0.2, 0.25) is 0 Å². The number of aliphatic hydroxyl groups excluding tert-OH is 1. The summed E-state index contributed by atoms with van der Waals surface area (Å²) >= 11 is 0. The normalized spacial score (nSPS) is 9.90. The van der Waals surface area contributed by atoms with Crippen molar-refractivity contribution < 1.29 is 19.8 Å². The molecule has 108 valence electrons. The van der Waals surface area contributed by atoms with Gasteiger partial charge in [-0.3, -0.25) is 0 Å². The minimum Gasteiger partial charge on any atom is -0.478 e. The first kappa shape index (κ1) is 15.7. The zero-order chi connectivity index (χ0) is 15.1. The Labute approximate surface area is 117 Å². The average Bonchev–Trinajstić information content (AvgIpc) is 2.40. The van der Waals surface area contributed by atoms with E-state index in [-0.39, 0.29) is 30.9 Å². The summed E-state index contributed by atoms with van der Waals surface area (Å²) in [6.07, 6.45) is 1.53. The lowest BCUT2D eigenvalue weighted by molar-refractivity contribution is 0.0698. The molecule has 0 aliphatic heterocycles. The molecule has 0 unspecified atom stereocenters. The SMILES string of the molecule is C=CCN(CCO)C(=O)Nc1c(C)cccc1C(=O)O. The van der Waals surface area contributed by atoms with Crippen LogP contribution in [0.4, 0.5) is 10.5 Å². The molecule has 0 saturated heterocycles. The van der Waals surface area contributed by atoms with Crippen LogP contribution in [-0.2, 0) is 0 Å². The third-order valence-electron chi connectivity index (χ3n) is 2.74. The molecule has 0 aliphatic carbocycles. The number of para-hydroxylation sites is 1. The summed E-state index contributed by atoms with van der Waals surface area (Å²) in [7, 11) is 0. The van der Waals surface area contributed by atoms with Crippen molar-refractivity contribution in [2.45, 2.75) is 6.92 Å². The highest BCUT2D eigenvalue weighted by molar-refractivity contribution is 6.01. The second-order valence-corrected chi connectivity index (χ2v) is 4.19. The summed E-state index contributed by atoms with van der Waals surface area (Å²) in [5.41, 5.74) is 0.943. The number of carbonyl (C=O) groups excluding carboxylic acids is 1. The number of aryl methyl sites for hydroxylation is 1. The van der Waals surface area contributed by atoms with Gasteiger partial charge in [-0.25, -0.2) is 9.59 Å². The molecule has 20 heavy (non-hydrogen) atoms. The van der Waals surface area contributed by atoms with Crippen molar-refractivity contribution in [2.75, 3.05) is 25.0 Å². The summed E-state index contributed by atoms with van der Waals surface area (Å²) in [4.78, 5) is 24.6. The van der Waals surface area contributed by atoms with Crippen molar-refractivity contribution in [3.8, 4) is 0 Å².